The van der Waals surface area contributed by atoms with Crippen LogP contribution in [0.4, 0.5) is 0 Å². The average molecular weight is 315 g/mol. The third-order valence-corrected chi connectivity index (χ3v) is 4.03. The Morgan fingerprint density at radius 2 is 1.70 bits per heavy atom. The standard InChI is InChI=1S/C18H25N3O2/c1-13(2)16(19-17(22)14-9-5-3-6-10-14)18(23)21-20-15-11-7-4-8-12-15/h3,5-6,9-10,13,16H,4,7-8,11-12H2,1-2H3,(H,19,22)(H,21,23)/t16-/m1/s1. The van der Waals surface area contributed by atoms with E-state index in [9.17, 15) is 9.59 Å². The summed E-state index contributed by atoms with van der Waals surface area (Å²) in [6.45, 7) is 3.81. The lowest BCUT2D eigenvalue weighted by Gasteiger charge is -2.21. The van der Waals surface area contributed by atoms with Crippen LogP contribution in [0.25, 0.3) is 0 Å². The third kappa shape index (κ3) is 5.20. The largest absolute Gasteiger partial charge is 0.340 e. The summed E-state index contributed by atoms with van der Waals surface area (Å²) in [6, 6.07) is 8.31. The molecule has 124 valence electrons. The summed E-state index contributed by atoms with van der Waals surface area (Å²) in [5, 5.41) is 7.03. The topological polar surface area (TPSA) is 70.6 Å². The highest BCUT2D eigenvalue weighted by Gasteiger charge is 2.24. The highest BCUT2D eigenvalue weighted by molar-refractivity contribution is 5.97. The summed E-state index contributed by atoms with van der Waals surface area (Å²) in [5.74, 6) is -0.527. The molecule has 0 unspecified atom stereocenters. The highest BCUT2D eigenvalue weighted by Crippen LogP contribution is 2.14. The molecule has 1 saturated carbocycles. The Balaban J connectivity index is 1.97. The fourth-order valence-corrected chi connectivity index (χ4v) is 2.62. The van der Waals surface area contributed by atoms with Gasteiger partial charge in [-0.1, -0.05) is 38.5 Å². The van der Waals surface area contributed by atoms with E-state index in [1.807, 2.05) is 19.9 Å². The maximum atomic E-state index is 12.4. The van der Waals surface area contributed by atoms with Gasteiger partial charge in [0.15, 0.2) is 0 Å². The second kappa shape index (κ2) is 8.46. The molecule has 0 aliphatic heterocycles. The van der Waals surface area contributed by atoms with Crippen molar-refractivity contribution in [3.05, 3.63) is 35.9 Å². The molecule has 0 saturated heterocycles. The average Bonchev–Trinajstić information content (AvgIpc) is 2.58. The summed E-state index contributed by atoms with van der Waals surface area (Å²) in [5.41, 5.74) is 4.21. The monoisotopic (exact) mass is 315 g/mol. The van der Waals surface area contributed by atoms with Gasteiger partial charge in [0.2, 0.25) is 0 Å². The summed E-state index contributed by atoms with van der Waals surface area (Å²) in [6.07, 6.45) is 5.39. The van der Waals surface area contributed by atoms with Crippen LogP contribution < -0.4 is 10.7 Å². The molecule has 2 amide bonds. The van der Waals surface area contributed by atoms with Gasteiger partial charge in [0, 0.05) is 11.3 Å². The lowest BCUT2D eigenvalue weighted by atomic mass is 9.99. The fourth-order valence-electron chi connectivity index (χ4n) is 2.62. The van der Waals surface area contributed by atoms with Crippen LogP contribution in [0.1, 0.15) is 56.3 Å². The van der Waals surface area contributed by atoms with Crippen molar-refractivity contribution in [1.29, 1.82) is 0 Å². The van der Waals surface area contributed by atoms with E-state index in [0.29, 0.717) is 5.56 Å². The van der Waals surface area contributed by atoms with Gasteiger partial charge in [0.05, 0.1) is 0 Å². The molecule has 2 rings (SSSR count). The smallest absolute Gasteiger partial charge is 0.262 e. The van der Waals surface area contributed by atoms with Gasteiger partial charge < -0.3 is 5.32 Å². The van der Waals surface area contributed by atoms with Crippen molar-refractivity contribution in [3.63, 3.8) is 0 Å². The van der Waals surface area contributed by atoms with Crippen LogP contribution in [0, 0.1) is 5.92 Å². The summed E-state index contributed by atoms with van der Waals surface area (Å²) < 4.78 is 0. The van der Waals surface area contributed by atoms with E-state index in [-0.39, 0.29) is 17.7 Å². The van der Waals surface area contributed by atoms with Crippen molar-refractivity contribution in [2.24, 2.45) is 11.0 Å². The molecule has 0 bridgehead atoms. The molecule has 5 heteroatoms. The van der Waals surface area contributed by atoms with Crippen LogP contribution in [0.2, 0.25) is 0 Å². The number of hydrogen-bond donors (Lipinski definition) is 2. The van der Waals surface area contributed by atoms with E-state index >= 15 is 0 Å². The van der Waals surface area contributed by atoms with Crippen molar-refractivity contribution in [3.8, 4) is 0 Å². The predicted octanol–water partition coefficient (Wildman–Crippen LogP) is 2.88. The number of benzene rings is 1. The molecular weight excluding hydrogens is 290 g/mol. The molecule has 1 fully saturated rings. The minimum Gasteiger partial charge on any atom is -0.340 e. The molecule has 2 N–H and O–H groups in total. The van der Waals surface area contributed by atoms with Crippen molar-refractivity contribution >= 4 is 17.5 Å². The number of nitrogens with one attached hydrogen (secondary N) is 2. The highest BCUT2D eigenvalue weighted by atomic mass is 16.2. The zero-order valence-electron chi connectivity index (χ0n) is 13.8. The summed E-state index contributed by atoms with van der Waals surface area (Å²) in [7, 11) is 0. The zero-order valence-corrected chi connectivity index (χ0v) is 13.8. The Bertz CT molecular complexity index is 559. The quantitative estimate of drug-likeness (QED) is 0.820. The number of amides is 2. The van der Waals surface area contributed by atoms with E-state index in [1.54, 1.807) is 24.3 Å². The number of nitrogens with zero attached hydrogens (tertiary/aromatic N) is 1. The first-order chi connectivity index (χ1) is 11.1. The molecule has 1 aliphatic carbocycles. The van der Waals surface area contributed by atoms with Gasteiger partial charge in [-0.2, -0.15) is 5.10 Å². The number of hydrogen-bond acceptors (Lipinski definition) is 3. The van der Waals surface area contributed by atoms with E-state index in [1.165, 1.54) is 6.42 Å². The molecule has 0 spiro atoms. The second-order valence-electron chi connectivity index (χ2n) is 6.28. The molecule has 0 aromatic heterocycles. The van der Waals surface area contributed by atoms with Crippen LogP contribution in [0.15, 0.2) is 35.4 Å². The van der Waals surface area contributed by atoms with E-state index in [2.05, 4.69) is 15.8 Å². The Morgan fingerprint density at radius 1 is 1.04 bits per heavy atom. The Kier molecular flexibility index (Phi) is 6.32. The van der Waals surface area contributed by atoms with Crippen molar-refractivity contribution in [1.82, 2.24) is 10.7 Å². The van der Waals surface area contributed by atoms with Gasteiger partial charge in [-0.25, -0.2) is 5.43 Å². The molecule has 1 aromatic rings. The lowest BCUT2D eigenvalue weighted by Crippen LogP contribution is -2.48. The minimum atomic E-state index is -0.601. The normalized spacial score (nSPS) is 15.9. The number of carbonyl (C=O) groups is 2. The minimum absolute atomic E-state index is 0.0192. The Morgan fingerprint density at radius 3 is 2.30 bits per heavy atom. The molecule has 1 atom stereocenters. The van der Waals surface area contributed by atoms with Crippen molar-refractivity contribution in [2.75, 3.05) is 0 Å². The van der Waals surface area contributed by atoms with E-state index in [4.69, 9.17) is 0 Å². The van der Waals surface area contributed by atoms with E-state index < -0.39 is 6.04 Å². The van der Waals surface area contributed by atoms with Crippen LogP contribution >= 0.6 is 0 Å². The third-order valence-electron chi connectivity index (χ3n) is 4.03. The van der Waals surface area contributed by atoms with Crippen molar-refractivity contribution in [2.45, 2.75) is 52.0 Å². The van der Waals surface area contributed by atoms with Crippen LogP contribution in [0.5, 0.6) is 0 Å². The van der Waals surface area contributed by atoms with E-state index in [0.717, 1.165) is 31.4 Å². The van der Waals surface area contributed by atoms with Crippen molar-refractivity contribution < 1.29 is 9.59 Å². The fraction of sp³-hybridized carbons (Fsp3) is 0.500. The molecule has 23 heavy (non-hydrogen) atoms. The molecule has 0 heterocycles. The Hall–Kier alpha value is -2.17. The van der Waals surface area contributed by atoms with Gasteiger partial charge in [0.1, 0.15) is 6.04 Å². The lowest BCUT2D eigenvalue weighted by molar-refractivity contribution is -0.123. The van der Waals surface area contributed by atoms with Gasteiger partial charge in [-0.3, -0.25) is 9.59 Å². The predicted molar refractivity (Wildman–Crippen MR) is 91.2 cm³/mol. The molecule has 0 radical (unpaired) electrons. The van der Waals surface area contributed by atoms with Crippen LogP contribution in [0.3, 0.4) is 0 Å². The van der Waals surface area contributed by atoms with Gasteiger partial charge in [-0.05, 0) is 43.7 Å². The zero-order chi connectivity index (χ0) is 16.7. The number of carbonyl (C=O) groups excluding carboxylic acids is 2. The summed E-state index contributed by atoms with van der Waals surface area (Å²) in [4.78, 5) is 24.6. The van der Waals surface area contributed by atoms with Crippen LogP contribution in [-0.2, 0) is 4.79 Å². The molecule has 1 aromatic carbocycles. The SMILES string of the molecule is CC(C)[C@@H](NC(=O)c1ccccc1)C(=O)NN=C1CCCCC1. The second-order valence-corrected chi connectivity index (χ2v) is 6.28. The molecular formula is C18H25N3O2. The number of rotatable bonds is 5. The first-order valence-electron chi connectivity index (χ1n) is 8.29. The molecule has 1 aliphatic rings. The first kappa shape index (κ1) is 17.2. The van der Waals surface area contributed by atoms with Crippen LogP contribution in [-0.4, -0.2) is 23.6 Å². The molecule has 5 nitrogen and oxygen atoms in total. The van der Waals surface area contributed by atoms with Gasteiger partial charge in [-0.15, -0.1) is 0 Å². The van der Waals surface area contributed by atoms with Gasteiger partial charge in [0.25, 0.3) is 11.8 Å². The van der Waals surface area contributed by atoms with Gasteiger partial charge >= 0.3 is 0 Å². The summed E-state index contributed by atoms with van der Waals surface area (Å²) >= 11 is 0. The maximum absolute atomic E-state index is 12.4. The Labute approximate surface area is 137 Å². The maximum Gasteiger partial charge on any atom is 0.262 e. The number of hydrazone groups is 1. The first-order valence-corrected chi connectivity index (χ1v) is 8.29.